The van der Waals surface area contributed by atoms with E-state index in [2.05, 4.69) is 53.2 Å². The zero-order chi connectivity index (χ0) is 18.2. The number of hydrogen-bond acceptors (Lipinski definition) is 5. The maximum atomic E-state index is 5.49. The van der Waals surface area contributed by atoms with Gasteiger partial charge in [0.05, 0.1) is 18.6 Å². The van der Waals surface area contributed by atoms with E-state index in [4.69, 9.17) is 4.74 Å². The van der Waals surface area contributed by atoms with Crippen LogP contribution in [0.4, 0.5) is 5.82 Å². The molecular weight excluding hydrogens is 406 g/mol. The second-order valence-electron chi connectivity index (χ2n) is 7.56. The first-order valence-corrected chi connectivity index (χ1v) is 10.6. The van der Waals surface area contributed by atoms with Gasteiger partial charge >= 0.3 is 0 Å². The van der Waals surface area contributed by atoms with Gasteiger partial charge in [-0.25, -0.2) is 9.97 Å². The Balaban J connectivity index is 1.34. The number of ether oxygens (including phenoxy) is 1. The van der Waals surface area contributed by atoms with Crippen LogP contribution in [0.1, 0.15) is 25.7 Å². The van der Waals surface area contributed by atoms with Gasteiger partial charge in [0.2, 0.25) is 0 Å². The summed E-state index contributed by atoms with van der Waals surface area (Å²) in [4.78, 5) is 15.0. The number of nitrogens with zero attached hydrogens (tertiary/aromatic N) is 3. The summed E-state index contributed by atoms with van der Waals surface area (Å²) in [7, 11) is 0. The van der Waals surface area contributed by atoms with Gasteiger partial charge in [-0.15, -0.1) is 0 Å². The molecule has 6 nitrogen and oxygen atoms in total. The Morgan fingerprint density at radius 1 is 1.11 bits per heavy atom. The molecule has 3 aromatic rings. The molecular formula is C20H24BrN5O. The molecule has 0 bridgehead atoms. The lowest BCUT2D eigenvalue weighted by Gasteiger charge is -2.39. The number of aromatic nitrogens is 3. The highest BCUT2D eigenvalue weighted by molar-refractivity contribution is 9.10. The lowest BCUT2D eigenvalue weighted by Crippen LogP contribution is -2.46. The molecule has 2 N–H and O–H groups in total. The summed E-state index contributed by atoms with van der Waals surface area (Å²) in [5.74, 6) is 0.944. The predicted molar refractivity (Wildman–Crippen MR) is 111 cm³/mol. The van der Waals surface area contributed by atoms with E-state index >= 15 is 0 Å². The van der Waals surface area contributed by atoms with E-state index in [0.29, 0.717) is 12.1 Å². The van der Waals surface area contributed by atoms with Crippen molar-refractivity contribution in [2.24, 2.45) is 0 Å². The normalized spacial score (nSPS) is 24.5. The Labute approximate surface area is 166 Å². The molecule has 1 saturated carbocycles. The third kappa shape index (κ3) is 3.44. The Hall–Kier alpha value is -1.70. The molecule has 7 heteroatoms. The third-order valence-electron chi connectivity index (χ3n) is 5.95. The van der Waals surface area contributed by atoms with E-state index < -0.39 is 0 Å². The standard InChI is InChI=1S/C20H24BrN5O/c21-13-1-6-17-16(11-13)18-19(22-12-23-20(18)25-17)24-14-2-4-15(5-3-14)26-7-9-27-10-8-26/h1,6,11-12,14-15H,2-5,7-10H2,(H2,22,23,24,25)/t14-,15-. The van der Waals surface area contributed by atoms with Gasteiger partial charge in [-0.1, -0.05) is 15.9 Å². The lowest BCUT2D eigenvalue weighted by atomic mass is 9.90. The minimum absolute atomic E-state index is 0.470. The first-order valence-electron chi connectivity index (χ1n) is 9.78. The predicted octanol–water partition coefficient (Wildman–Crippen LogP) is 3.93. The average molecular weight is 430 g/mol. The van der Waals surface area contributed by atoms with Crippen LogP contribution in [0.3, 0.4) is 0 Å². The summed E-state index contributed by atoms with van der Waals surface area (Å²) in [5, 5.41) is 5.96. The third-order valence-corrected chi connectivity index (χ3v) is 6.44. The Bertz CT molecular complexity index is 944. The SMILES string of the molecule is Brc1ccc2[nH]c3ncnc(N[C@H]4CC[C@H](N5CCOCC5)CC4)c3c2c1. The Morgan fingerprint density at radius 3 is 2.74 bits per heavy atom. The van der Waals surface area contributed by atoms with Gasteiger partial charge in [-0.05, 0) is 43.9 Å². The number of aromatic amines is 1. The molecule has 1 aromatic carbocycles. The summed E-state index contributed by atoms with van der Waals surface area (Å²) in [6.07, 6.45) is 6.49. The van der Waals surface area contributed by atoms with Crippen molar-refractivity contribution in [2.75, 3.05) is 31.6 Å². The number of hydrogen-bond donors (Lipinski definition) is 2. The monoisotopic (exact) mass is 429 g/mol. The molecule has 0 radical (unpaired) electrons. The molecule has 5 rings (SSSR count). The van der Waals surface area contributed by atoms with Crippen LogP contribution in [0.2, 0.25) is 0 Å². The quantitative estimate of drug-likeness (QED) is 0.659. The molecule has 0 amide bonds. The van der Waals surface area contributed by atoms with Crippen molar-refractivity contribution in [2.45, 2.75) is 37.8 Å². The Kier molecular flexibility index (Phi) is 4.75. The first-order chi connectivity index (χ1) is 13.3. The second-order valence-corrected chi connectivity index (χ2v) is 8.47. The highest BCUT2D eigenvalue weighted by atomic mass is 79.9. The molecule has 0 unspecified atom stereocenters. The molecule has 2 aliphatic rings. The Morgan fingerprint density at radius 2 is 1.93 bits per heavy atom. The molecule has 142 valence electrons. The fourth-order valence-electron chi connectivity index (χ4n) is 4.53. The van der Waals surface area contributed by atoms with Crippen LogP contribution in [0.25, 0.3) is 21.9 Å². The van der Waals surface area contributed by atoms with E-state index in [9.17, 15) is 0 Å². The molecule has 1 aliphatic carbocycles. The zero-order valence-electron chi connectivity index (χ0n) is 15.2. The average Bonchev–Trinajstić information content (AvgIpc) is 3.08. The van der Waals surface area contributed by atoms with Gasteiger partial charge in [0, 0.05) is 40.5 Å². The molecule has 27 heavy (non-hydrogen) atoms. The van der Waals surface area contributed by atoms with Crippen molar-refractivity contribution in [1.82, 2.24) is 19.9 Å². The van der Waals surface area contributed by atoms with Crippen LogP contribution in [0, 0.1) is 0 Å². The minimum Gasteiger partial charge on any atom is -0.379 e. The van der Waals surface area contributed by atoms with Gasteiger partial charge in [0.1, 0.15) is 17.8 Å². The maximum absolute atomic E-state index is 5.49. The molecule has 3 heterocycles. The van der Waals surface area contributed by atoms with Crippen molar-refractivity contribution < 1.29 is 4.74 Å². The first kappa shape index (κ1) is 17.4. The van der Waals surface area contributed by atoms with E-state index in [0.717, 1.165) is 58.5 Å². The molecule has 1 aliphatic heterocycles. The summed E-state index contributed by atoms with van der Waals surface area (Å²) >= 11 is 3.58. The fraction of sp³-hybridized carbons (Fsp3) is 0.500. The van der Waals surface area contributed by atoms with Gasteiger partial charge in [0.25, 0.3) is 0 Å². The van der Waals surface area contributed by atoms with Crippen molar-refractivity contribution in [1.29, 1.82) is 0 Å². The van der Waals surface area contributed by atoms with Crippen LogP contribution < -0.4 is 5.32 Å². The van der Waals surface area contributed by atoms with Crippen molar-refractivity contribution in [3.63, 3.8) is 0 Å². The molecule has 1 saturated heterocycles. The number of nitrogens with one attached hydrogen (secondary N) is 2. The topological polar surface area (TPSA) is 66.1 Å². The lowest BCUT2D eigenvalue weighted by molar-refractivity contribution is 0.00791. The fourth-order valence-corrected chi connectivity index (χ4v) is 4.89. The number of fused-ring (bicyclic) bond motifs is 3. The molecule has 2 fully saturated rings. The van der Waals surface area contributed by atoms with Gasteiger partial charge in [-0.3, -0.25) is 4.90 Å². The van der Waals surface area contributed by atoms with E-state index in [1.807, 2.05) is 6.07 Å². The number of rotatable bonds is 3. The van der Waals surface area contributed by atoms with E-state index in [1.54, 1.807) is 6.33 Å². The van der Waals surface area contributed by atoms with E-state index in [-0.39, 0.29) is 0 Å². The van der Waals surface area contributed by atoms with Crippen molar-refractivity contribution >= 4 is 43.7 Å². The number of morpholine rings is 1. The minimum atomic E-state index is 0.470. The van der Waals surface area contributed by atoms with E-state index in [1.165, 1.54) is 25.7 Å². The van der Waals surface area contributed by atoms with Gasteiger partial charge in [-0.2, -0.15) is 0 Å². The molecule has 0 spiro atoms. The number of anilines is 1. The van der Waals surface area contributed by atoms with Crippen LogP contribution >= 0.6 is 15.9 Å². The summed E-state index contributed by atoms with van der Waals surface area (Å²) in [5.41, 5.74) is 1.98. The van der Waals surface area contributed by atoms with Crippen LogP contribution in [0.15, 0.2) is 29.0 Å². The van der Waals surface area contributed by atoms with Crippen LogP contribution in [-0.2, 0) is 4.74 Å². The second kappa shape index (κ2) is 7.37. The summed E-state index contributed by atoms with van der Waals surface area (Å²) < 4.78 is 6.56. The summed E-state index contributed by atoms with van der Waals surface area (Å²) in [6, 6.07) is 7.45. The molecule has 0 atom stereocenters. The van der Waals surface area contributed by atoms with Gasteiger partial charge in [0.15, 0.2) is 0 Å². The van der Waals surface area contributed by atoms with Crippen molar-refractivity contribution in [3.05, 3.63) is 29.0 Å². The number of H-pyrrole nitrogens is 1. The highest BCUT2D eigenvalue weighted by Gasteiger charge is 2.27. The van der Waals surface area contributed by atoms with Crippen LogP contribution in [0.5, 0.6) is 0 Å². The van der Waals surface area contributed by atoms with Gasteiger partial charge < -0.3 is 15.0 Å². The maximum Gasteiger partial charge on any atom is 0.143 e. The summed E-state index contributed by atoms with van der Waals surface area (Å²) in [6.45, 7) is 3.93. The van der Waals surface area contributed by atoms with Crippen molar-refractivity contribution in [3.8, 4) is 0 Å². The highest BCUT2D eigenvalue weighted by Crippen LogP contribution is 2.33. The number of benzene rings is 1. The number of halogens is 1. The molecule has 2 aromatic heterocycles. The largest absolute Gasteiger partial charge is 0.379 e. The smallest absolute Gasteiger partial charge is 0.143 e. The van der Waals surface area contributed by atoms with Crippen LogP contribution in [-0.4, -0.2) is 58.2 Å². The zero-order valence-corrected chi connectivity index (χ0v) is 16.8.